The van der Waals surface area contributed by atoms with Gasteiger partial charge in [0.2, 0.25) is 5.91 Å². The SMILES string of the molecule is Cn1c(CCC(=O)NC[C@H](O)CN2CCc3ccccc3C2)nc2ccccc21. The third-order valence-corrected chi connectivity index (χ3v) is 5.67. The van der Waals surface area contributed by atoms with Crippen molar-refractivity contribution in [2.75, 3.05) is 19.6 Å². The highest BCUT2D eigenvalue weighted by Crippen LogP contribution is 2.18. The van der Waals surface area contributed by atoms with Crippen LogP contribution in [0, 0.1) is 0 Å². The molecule has 2 heterocycles. The number of β-amino-alcohol motifs (C(OH)–C–C–N with tert-alkyl or cyclic N) is 1. The van der Waals surface area contributed by atoms with Crippen LogP contribution >= 0.6 is 0 Å². The molecule has 6 nitrogen and oxygen atoms in total. The molecule has 0 saturated heterocycles. The Hall–Kier alpha value is -2.70. The summed E-state index contributed by atoms with van der Waals surface area (Å²) in [5.74, 6) is 0.842. The Morgan fingerprint density at radius 3 is 2.76 bits per heavy atom. The number of hydrogen-bond acceptors (Lipinski definition) is 4. The van der Waals surface area contributed by atoms with Crippen LogP contribution in [0.3, 0.4) is 0 Å². The molecule has 0 saturated carbocycles. The van der Waals surface area contributed by atoms with Crippen molar-refractivity contribution in [3.8, 4) is 0 Å². The number of carbonyl (C=O) groups excluding carboxylic acids is 1. The number of nitrogens with zero attached hydrogens (tertiary/aromatic N) is 3. The molecule has 2 N–H and O–H groups in total. The van der Waals surface area contributed by atoms with E-state index in [0.29, 0.717) is 19.4 Å². The highest BCUT2D eigenvalue weighted by atomic mass is 16.3. The van der Waals surface area contributed by atoms with Gasteiger partial charge in [0, 0.05) is 46.1 Å². The van der Waals surface area contributed by atoms with Gasteiger partial charge in [-0.05, 0) is 29.7 Å². The van der Waals surface area contributed by atoms with Crippen LogP contribution < -0.4 is 5.32 Å². The van der Waals surface area contributed by atoms with Gasteiger partial charge in [0.15, 0.2) is 0 Å². The predicted octanol–water partition coefficient (Wildman–Crippen LogP) is 2.04. The molecule has 0 unspecified atom stereocenters. The van der Waals surface area contributed by atoms with Gasteiger partial charge in [-0.15, -0.1) is 0 Å². The fraction of sp³-hybridized carbons (Fsp3) is 0.391. The first-order valence-electron chi connectivity index (χ1n) is 10.2. The summed E-state index contributed by atoms with van der Waals surface area (Å²) in [5, 5.41) is 13.2. The molecule has 3 aromatic rings. The van der Waals surface area contributed by atoms with Crippen LogP contribution in [0.5, 0.6) is 0 Å². The van der Waals surface area contributed by atoms with Gasteiger partial charge >= 0.3 is 0 Å². The minimum Gasteiger partial charge on any atom is -0.390 e. The molecule has 6 heteroatoms. The molecule has 1 aliphatic heterocycles. The molecular weight excluding hydrogens is 364 g/mol. The zero-order chi connectivity index (χ0) is 20.2. The second kappa shape index (κ2) is 8.76. The first kappa shape index (κ1) is 19.6. The summed E-state index contributed by atoms with van der Waals surface area (Å²) >= 11 is 0. The maximum atomic E-state index is 12.2. The first-order valence-corrected chi connectivity index (χ1v) is 10.2. The fourth-order valence-corrected chi connectivity index (χ4v) is 4.04. The lowest BCUT2D eigenvalue weighted by molar-refractivity contribution is -0.121. The summed E-state index contributed by atoms with van der Waals surface area (Å²) in [6.07, 6.45) is 1.38. The van der Waals surface area contributed by atoms with Crippen LogP contribution in [0.1, 0.15) is 23.4 Å². The lowest BCUT2D eigenvalue weighted by Gasteiger charge is -2.30. The first-order chi connectivity index (χ1) is 14.1. The maximum Gasteiger partial charge on any atom is 0.220 e. The number of imidazole rings is 1. The normalized spacial score (nSPS) is 15.2. The van der Waals surface area contributed by atoms with Gasteiger partial charge in [-0.3, -0.25) is 9.69 Å². The van der Waals surface area contributed by atoms with E-state index in [2.05, 4.69) is 39.5 Å². The third-order valence-electron chi connectivity index (χ3n) is 5.67. The van der Waals surface area contributed by atoms with Gasteiger partial charge in [-0.25, -0.2) is 4.98 Å². The van der Waals surface area contributed by atoms with Crippen LogP contribution in [-0.4, -0.2) is 51.2 Å². The molecule has 152 valence electrons. The van der Waals surface area contributed by atoms with Crippen LogP contribution in [0.4, 0.5) is 0 Å². The number of benzene rings is 2. The summed E-state index contributed by atoms with van der Waals surface area (Å²) in [6.45, 7) is 2.64. The number of fused-ring (bicyclic) bond motifs is 2. The van der Waals surface area contributed by atoms with Crippen molar-refractivity contribution in [2.45, 2.75) is 31.9 Å². The molecule has 2 aromatic carbocycles. The number of carbonyl (C=O) groups is 1. The molecule has 1 atom stereocenters. The second-order valence-electron chi connectivity index (χ2n) is 7.79. The van der Waals surface area contributed by atoms with E-state index in [1.54, 1.807) is 0 Å². The van der Waals surface area contributed by atoms with Crippen LogP contribution in [0.25, 0.3) is 11.0 Å². The number of hydrogen-bond donors (Lipinski definition) is 2. The number of para-hydroxylation sites is 2. The van der Waals surface area contributed by atoms with E-state index in [9.17, 15) is 9.90 Å². The molecular formula is C23H28N4O2. The molecule has 1 aliphatic rings. The topological polar surface area (TPSA) is 70.4 Å². The van der Waals surface area contributed by atoms with Gasteiger partial charge < -0.3 is 15.0 Å². The predicted molar refractivity (Wildman–Crippen MR) is 113 cm³/mol. The number of aliphatic hydroxyl groups excluding tert-OH is 1. The van der Waals surface area contributed by atoms with Crippen molar-refractivity contribution in [3.05, 3.63) is 65.5 Å². The van der Waals surface area contributed by atoms with Crippen molar-refractivity contribution >= 4 is 16.9 Å². The number of aliphatic hydroxyl groups is 1. The van der Waals surface area contributed by atoms with Gasteiger partial charge in [-0.2, -0.15) is 0 Å². The van der Waals surface area contributed by atoms with Crippen molar-refractivity contribution in [1.29, 1.82) is 0 Å². The van der Waals surface area contributed by atoms with Crippen molar-refractivity contribution in [3.63, 3.8) is 0 Å². The summed E-state index contributed by atoms with van der Waals surface area (Å²) in [7, 11) is 1.98. The number of rotatable bonds is 7. The van der Waals surface area contributed by atoms with Crippen molar-refractivity contribution in [2.24, 2.45) is 7.05 Å². The van der Waals surface area contributed by atoms with E-state index < -0.39 is 6.10 Å². The Balaban J connectivity index is 1.22. The zero-order valence-corrected chi connectivity index (χ0v) is 16.8. The summed E-state index contributed by atoms with van der Waals surface area (Å²) in [4.78, 5) is 19.1. The summed E-state index contributed by atoms with van der Waals surface area (Å²) < 4.78 is 2.03. The average Bonchev–Trinajstić information content (AvgIpc) is 3.06. The molecule has 0 radical (unpaired) electrons. The molecule has 0 fully saturated rings. The fourth-order valence-electron chi connectivity index (χ4n) is 4.04. The van der Waals surface area contributed by atoms with E-state index in [1.807, 2.05) is 35.9 Å². The largest absolute Gasteiger partial charge is 0.390 e. The lowest BCUT2D eigenvalue weighted by atomic mass is 10.00. The van der Waals surface area contributed by atoms with Crippen LogP contribution in [-0.2, 0) is 31.2 Å². The monoisotopic (exact) mass is 392 g/mol. The Morgan fingerprint density at radius 2 is 1.93 bits per heavy atom. The average molecular weight is 393 g/mol. The smallest absolute Gasteiger partial charge is 0.220 e. The number of aromatic nitrogens is 2. The lowest BCUT2D eigenvalue weighted by Crippen LogP contribution is -2.42. The van der Waals surface area contributed by atoms with Gasteiger partial charge in [0.1, 0.15) is 5.82 Å². The maximum absolute atomic E-state index is 12.2. The summed E-state index contributed by atoms with van der Waals surface area (Å²) in [5.41, 5.74) is 4.75. The molecule has 1 amide bonds. The number of amides is 1. The molecule has 0 aliphatic carbocycles. The van der Waals surface area contributed by atoms with Crippen molar-refractivity contribution in [1.82, 2.24) is 19.8 Å². The van der Waals surface area contributed by atoms with Gasteiger partial charge in [0.05, 0.1) is 17.1 Å². The second-order valence-corrected chi connectivity index (χ2v) is 7.79. The zero-order valence-electron chi connectivity index (χ0n) is 16.8. The Morgan fingerprint density at radius 1 is 1.17 bits per heavy atom. The molecule has 29 heavy (non-hydrogen) atoms. The van der Waals surface area contributed by atoms with E-state index in [0.717, 1.165) is 36.4 Å². The minimum atomic E-state index is -0.569. The molecule has 0 bridgehead atoms. The molecule has 0 spiro atoms. The number of nitrogens with one attached hydrogen (secondary N) is 1. The molecule has 4 rings (SSSR count). The third kappa shape index (κ3) is 4.66. The standard InChI is InChI=1S/C23H28N4O2/c1-26-21-9-5-4-8-20(21)25-22(26)10-11-23(29)24-14-19(28)16-27-13-12-17-6-2-3-7-18(17)15-27/h2-9,19,28H,10-16H2,1H3,(H,24,29)/t19-/m0/s1. The van der Waals surface area contributed by atoms with Crippen LogP contribution in [0.2, 0.25) is 0 Å². The quantitative estimate of drug-likeness (QED) is 0.646. The Bertz CT molecular complexity index is 997. The molecule has 1 aromatic heterocycles. The van der Waals surface area contributed by atoms with Crippen LogP contribution in [0.15, 0.2) is 48.5 Å². The van der Waals surface area contributed by atoms with E-state index >= 15 is 0 Å². The minimum absolute atomic E-state index is 0.0555. The van der Waals surface area contributed by atoms with Crippen molar-refractivity contribution < 1.29 is 9.90 Å². The number of aryl methyl sites for hydroxylation is 2. The van der Waals surface area contributed by atoms with Gasteiger partial charge in [0.25, 0.3) is 0 Å². The Labute approximate surface area is 171 Å². The van der Waals surface area contributed by atoms with Gasteiger partial charge in [-0.1, -0.05) is 36.4 Å². The van der Waals surface area contributed by atoms with E-state index in [-0.39, 0.29) is 12.5 Å². The highest BCUT2D eigenvalue weighted by Gasteiger charge is 2.19. The van der Waals surface area contributed by atoms with E-state index in [4.69, 9.17) is 0 Å². The Kier molecular flexibility index (Phi) is 5.92. The summed E-state index contributed by atoms with van der Waals surface area (Å²) in [6, 6.07) is 16.4. The van der Waals surface area contributed by atoms with E-state index in [1.165, 1.54) is 11.1 Å². The highest BCUT2D eigenvalue weighted by molar-refractivity contribution is 5.77.